The second kappa shape index (κ2) is 8.78. The van der Waals surface area contributed by atoms with E-state index in [1.807, 2.05) is 25.1 Å². The standard InChI is InChI=1S/C18H22FN3O/c1-14(23-17-10-8-16(19)9-11-17)12-21-18(20-2)22-13-15-6-4-3-5-7-15/h3-11,14H,12-13H2,1-2H3,(H2,20,21,22). The number of ether oxygens (including phenoxy) is 1. The van der Waals surface area contributed by atoms with Gasteiger partial charge in [0, 0.05) is 13.6 Å². The van der Waals surface area contributed by atoms with E-state index in [1.165, 1.54) is 17.7 Å². The lowest BCUT2D eigenvalue weighted by molar-refractivity contribution is 0.223. The van der Waals surface area contributed by atoms with Gasteiger partial charge in [-0.25, -0.2) is 4.39 Å². The van der Waals surface area contributed by atoms with Crippen molar-refractivity contribution in [3.8, 4) is 5.75 Å². The van der Waals surface area contributed by atoms with E-state index in [0.29, 0.717) is 24.8 Å². The van der Waals surface area contributed by atoms with Crippen LogP contribution in [-0.4, -0.2) is 25.7 Å². The van der Waals surface area contributed by atoms with Crippen molar-refractivity contribution < 1.29 is 9.13 Å². The number of hydrogen-bond donors (Lipinski definition) is 2. The summed E-state index contributed by atoms with van der Waals surface area (Å²) in [6.45, 7) is 3.24. The summed E-state index contributed by atoms with van der Waals surface area (Å²) in [4.78, 5) is 4.18. The average Bonchev–Trinajstić information content (AvgIpc) is 2.58. The van der Waals surface area contributed by atoms with E-state index in [9.17, 15) is 4.39 Å². The molecule has 1 atom stereocenters. The van der Waals surface area contributed by atoms with Crippen molar-refractivity contribution in [2.24, 2.45) is 4.99 Å². The third kappa shape index (κ3) is 5.98. The molecule has 0 aliphatic carbocycles. The Hall–Kier alpha value is -2.56. The number of rotatable bonds is 6. The highest BCUT2D eigenvalue weighted by atomic mass is 19.1. The quantitative estimate of drug-likeness (QED) is 0.636. The van der Waals surface area contributed by atoms with E-state index in [-0.39, 0.29) is 11.9 Å². The molecular weight excluding hydrogens is 293 g/mol. The van der Waals surface area contributed by atoms with Crippen LogP contribution in [0.4, 0.5) is 4.39 Å². The normalized spacial score (nSPS) is 12.6. The first-order chi connectivity index (χ1) is 11.2. The molecule has 0 amide bonds. The van der Waals surface area contributed by atoms with Crippen molar-refractivity contribution in [1.82, 2.24) is 10.6 Å². The minimum atomic E-state index is -0.270. The zero-order valence-corrected chi connectivity index (χ0v) is 13.4. The monoisotopic (exact) mass is 315 g/mol. The van der Waals surface area contributed by atoms with Crippen LogP contribution in [0.3, 0.4) is 0 Å². The number of nitrogens with zero attached hydrogens (tertiary/aromatic N) is 1. The molecule has 0 radical (unpaired) electrons. The molecule has 2 rings (SSSR count). The minimum absolute atomic E-state index is 0.0734. The summed E-state index contributed by atoms with van der Waals surface area (Å²) < 4.78 is 18.6. The highest BCUT2D eigenvalue weighted by molar-refractivity contribution is 5.79. The molecule has 2 aromatic rings. The summed E-state index contributed by atoms with van der Waals surface area (Å²) in [5.41, 5.74) is 1.19. The summed E-state index contributed by atoms with van der Waals surface area (Å²) in [5.74, 6) is 1.09. The maximum absolute atomic E-state index is 12.9. The molecule has 2 N–H and O–H groups in total. The lowest BCUT2D eigenvalue weighted by Crippen LogP contribution is -2.41. The first kappa shape index (κ1) is 16.8. The number of hydrogen-bond acceptors (Lipinski definition) is 2. The highest BCUT2D eigenvalue weighted by Gasteiger charge is 2.06. The van der Waals surface area contributed by atoms with Crippen LogP contribution in [-0.2, 0) is 6.54 Å². The van der Waals surface area contributed by atoms with Crippen LogP contribution in [0.2, 0.25) is 0 Å². The molecule has 1 unspecified atom stereocenters. The minimum Gasteiger partial charge on any atom is -0.489 e. The molecule has 0 aliphatic rings. The van der Waals surface area contributed by atoms with Gasteiger partial charge >= 0.3 is 0 Å². The molecule has 0 fully saturated rings. The van der Waals surface area contributed by atoms with Gasteiger partial charge in [-0.2, -0.15) is 0 Å². The van der Waals surface area contributed by atoms with Gasteiger partial charge in [0.2, 0.25) is 0 Å². The fourth-order valence-corrected chi connectivity index (χ4v) is 2.03. The van der Waals surface area contributed by atoms with Crippen LogP contribution < -0.4 is 15.4 Å². The summed E-state index contributed by atoms with van der Waals surface area (Å²) >= 11 is 0. The van der Waals surface area contributed by atoms with E-state index in [2.05, 4.69) is 27.8 Å². The predicted octanol–water partition coefficient (Wildman–Crippen LogP) is 2.96. The van der Waals surface area contributed by atoms with Gasteiger partial charge < -0.3 is 15.4 Å². The van der Waals surface area contributed by atoms with Gasteiger partial charge in [0.05, 0.1) is 6.54 Å². The average molecular weight is 315 g/mol. The van der Waals surface area contributed by atoms with Gasteiger partial charge in [-0.15, -0.1) is 0 Å². The second-order valence-electron chi connectivity index (χ2n) is 5.17. The van der Waals surface area contributed by atoms with Gasteiger partial charge in [-0.05, 0) is 36.8 Å². The zero-order valence-electron chi connectivity index (χ0n) is 13.4. The van der Waals surface area contributed by atoms with Crippen LogP contribution in [0, 0.1) is 5.82 Å². The molecule has 0 aliphatic heterocycles. The summed E-state index contributed by atoms with van der Waals surface area (Å²) in [6.07, 6.45) is -0.0734. The highest BCUT2D eigenvalue weighted by Crippen LogP contribution is 2.12. The first-order valence-corrected chi connectivity index (χ1v) is 7.58. The number of nitrogens with one attached hydrogen (secondary N) is 2. The molecule has 0 bridgehead atoms. The van der Waals surface area contributed by atoms with Crippen molar-refractivity contribution in [2.75, 3.05) is 13.6 Å². The summed E-state index contributed by atoms with van der Waals surface area (Å²) in [7, 11) is 1.73. The van der Waals surface area contributed by atoms with Gasteiger partial charge in [0.25, 0.3) is 0 Å². The predicted molar refractivity (Wildman–Crippen MR) is 91.1 cm³/mol. The fraction of sp³-hybridized carbons (Fsp3) is 0.278. The molecular formula is C18H22FN3O. The molecule has 4 nitrogen and oxygen atoms in total. The van der Waals surface area contributed by atoms with Gasteiger partial charge in [0.1, 0.15) is 17.7 Å². The van der Waals surface area contributed by atoms with Crippen molar-refractivity contribution in [3.05, 3.63) is 66.0 Å². The van der Waals surface area contributed by atoms with Gasteiger partial charge in [-0.3, -0.25) is 4.99 Å². The summed E-state index contributed by atoms with van der Waals surface area (Å²) in [6, 6.07) is 16.1. The Kier molecular flexibility index (Phi) is 6.41. The fourth-order valence-electron chi connectivity index (χ4n) is 2.03. The molecule has 5 heteroatoms. The maximum atomic E-state index is 12.9. The Balaban J connectivity index is 1.75. The Morgan fingerprint density at radius 1 is 1.09 bits per heavy atom. The van der Waals surface area contributed by atoms with Crippen molar-refractivity contribution >= 4 is 5.96 Å². The number of aliphatic imine (C=N–C) groups is 1. The Labute approximate surface area is 136 Å². The topological polar surface area (TPSA) is 45.7 Å². The third-order valence-corrected chi connectivity index (χ3v) is 3.23. The molecule has 2 aromatic carbocycles. The largest absolute Gasteiger partial charge is 0.489 e. The number of benzene rings is 2. The van der Waals surface area contributed by atoms with Crippen molar-refractivity contribution in [3.63, 3.8) is 0 Å². The molecule has 0 aromatic heterocycles. The SMILES string of the molecule is CN=C(NCc1ccccc1)NCC(C)Oc1ccc(F)cc1. The first-order valence-electron chi connectivity index (χ1n) is 7.58. The number of guanidine groups is 1. The van der Waals surface area contributed by atoms with E-state index in [1.54, 1.807) is 19.2 Å². The molecule has 0 heterocycles. The molecule has 0 saturated heterocycles. The van der Waals surface area contributed by atoms with Crippen molar-refractivity contribution in [1.29, 1.82) is 0 Å². The molecule has 122 valence electrons. The Bertz CT molecular complexity index is 614. The Morgan fingerprint density at radius 3 is 2.43 bits per heavy atom. The van der Waals surface area contributed by atoms with Crippen LogP contribution >= 0.6 is 0 Å². The van der Waals surface area contributed by atoms with E-state index < -0.39 is 0 Å². The van der Waals surface area contributed by atoms with Crippen LogP contribution in [0.15, 0.2) is 59.6 Å². The Morgan fingerprint density at radius 2 is 1.78 bits per heavy atom. The van der Waals surface area contributed by atoms with Crippen LogP contribution in [0.25, 0.3) is 0 Å². The maximum Gasteiger partial charge on any atom is 0.191 e. The second-order valence-corrected chi connectivity index (χ2v) is 5.17. The van der Waals surface area contributed by atoms with Gasteiger partial charge in [0.15, 0.2) is 5.96 Å². The lowest BCUT2D eigenvalue weighted by atomic mass is 10.2. The zero-order chi connectivity index (χ0) is 16.5. The number of halogens is 1. The molecule has 0 spiro atoms. The summed E-state index contributed by atoms with van der Waals surface area (Å²) in [5, 5.41) is 6.46. The van der Waals surface area contributed by atoms with Crippen LogP contribution in [0.1, 0.15) is 12.5 Å². The van der Waals surface area contributed by atoms with E-state index >= 15 is 0 Å². The van der Waals surface area contributed by atoms with E-state index in [0.717, 1.165) is 0 Å². The molecule has 23 heavy (non-hydrogen) atoms. The van der Waals surface area contributed by atoms with Crippen molar-refractivity contribution in [2.45, 2.75) is 19.6 Å². The third-order valence-electron chi connectivity index (χ3n) is 3.23. The molecule has 0 saturated carbocycles. The van der Waals surface area contributed by atoms with Crippen LogP contribution in [0.5, 0.6) is 5.75 Å². The van der Waals surface area contributed by atoms with E-state index in [4.69, 9.17) is 4.74 Å². The smallest absolute Gasteiger partial charge is 0.191 e. The van der Waals surface area contributed by atoms with Gasteiger partial charge in [-0.1, -0.05) is 30.3 Å². The lowest BCUT2D eigenvalue weighted by Gasteiger charge is -2.17.